The zero-order valence-corrected chi connectivity index (χ0v) is 27.4. The lowest BCUT2D eigenvalue weighted by Crippen LogP contribution is -2.11. The van der Waals surface area contributed by atoms with E-state index in [1.54, 1.807) is 0 Å². The fourth-order valence-electron chi connectivity index (χ4n) is 6.05. The lowest BCUT2D eigenvalue weighted by Gasteiger charge is -2.27. The smallest absolute Gasteiger partial charge is 0.0490 e. The van der Waals surface area contributed by atoms with E-state index in [2.05, 4.69) is 218 Å². The SMILES string of the molecule is Cc1ccc(N(c2ccc(C=Cc3ccc(-c4ccc(N(c5ccccc5)c5ccccc5)cc4)cc3)cc2)c2ccccc2C)cc1. The summed E-state index contributed by atoms with van der Waals surface area (Å²) in [5.41, 5.74) is 14.1. The van der Waals surface area contributed by atoms with Crippen LogP contribution in [0.25, 0.3) is 23.3 Å². The zero-order chi connectivity index (χ0) is 32.7. The van der Waals surface area contributed by atoms with E-state index in [1.807, 2.05) is 0 Å². The van der Waals surface area contributed by atoms with Gasteiger partial charge in [0.15, 0.2) is 0 Å². The average molecular weight is 619 g/mol. The number of aryl methyl sites for hydroxylation is 2. The largest absolute Gasteiger partial charge is 0.311 e. The van der Waals surface area contributed by atoms with Crippen molar-refractivity contribution >= 4 is 46.3 Å². The van der Waals surface area contributed by atoms with Gasteiger partial charge in [0.1, 0.15) is 0 Å². The summed E-state index contributed by atoms with van der Waals surface area (Å²) in [4.78, 5) is 4.61. The Labute approximate surface area is 284 Å². The highest BCUT2D eigenvalue weighted by Gasteiger charge is 2.14. The molecule has 0 spiro atoms. The first-order valence-corrected chi connectivity index (χ1v) is 16.4. The molecule has 2 heteroatoms. The first kappa shape index (κ1) is 30.5. The van der Waals surface area contributed by atoms with E-state index in [0.29, 0.717) is 0 Å². The molecule has 0 fully saturated rings. The number of hydrogen-bond donors (Lipinski definition) is 0. The predicted molar refractivity (Wildman–Crippen MR) is 206 cm³/mol. The summed E-state index contributed by atoms with van der Waals surface area (Å²) < 4.78 is 0. The van der Waals surface area contributed by atoms with Crippen LogP contribution in [0.2, 0.25) is 0 Å². The zero-order valence-electron chi connectivity index (χ0n) is 27.4. The van der Waals surface area contributed by atoms with Crippen LogP contribution in [0.5, 0.6) is 0 Å². The molecule has 0 aliphatic rings. The van der Waals surface area contributed by atoms with E-state index in [-0.39, 0.29) is 0 Å². The van der Waals surface area contributed by atoms with Gasteiger partial charge < -0.3 is 9.80 Å². The van der Waals surface area contributed by atoms with Crippen LogP contribution in [-0.4, -0.2) is 0 Å². The van der Waals surface area contributed by atoms with Gasteiger partial charge in [-0.25, -0.2) is 0 Å². The number of anilines is 6. The van der Waals surface area contributed by atoms with Gasteiger partial charge in [-0.1, -0.05) is 133 Å². The first-order chi connectivity index (χ1) is 23.6. The monoisotopic (exact) mass is 618 g/mol. The minimum atomic E-state index is 1.13. The van der Waals surface area contributed by atoms with Crippen LogP contribution >= 0.6 is 0 Å². The Balaban J connectivity index is 1.07. The van der Waals surface area contributed by atoms with Gasteiger partial charge in [-0.2, -0.15) is 0 Å². The molecule has 0 heterocycles. The number of benzene rings is 7. The van der Waals surface area contributed by atoms with Gasteiger partial charge in [-0.05, 0) is 108 Å². The third kappa shape index (κ3) is 6.84. The molecule has 0 bridgehead atoms. The Morgan fingerprint density at radius 2 is 0.708 bits per heavy atom. The lowest BCUT2D eigenvalue weighted by atomic mass is 10.0. The third-order valence-electron chi connectivity index (χ3n) is 8.67. The quantitative estimate of drug-likeness (QED) is 0.149. The van der Waals surface area contributed by atoms with Crippen LogP contribution in [0.4, 0.5) is 34.1 Å². The molecule has 0 amide bonds. The Hall–Kier alpha value is -6.12. The molecular weight excluding hydrogens is 581 g/mol. The molecule has 0 saturated carbocycles. The highest BCUT2D eigenvalue weighted by Crippen LogP contribution is 2.37. The van der Waals surface area contributed by atoms with Gasteiger partial charge in [0, 0.05) is 34.1 Å². The fourth-order valence-corrected chi connectivity index (χ4v) is 6.05. The molecule has 232 valence electrons. The number of hydrogen-bond acceptors (Lipinski definition) is 2. The highest BCUT2D eigenvalue weighted by molar-refractivity contribution is 5.81. The molecule has 0 aliphatic carbocycles. The molecule has 0 aromatic heterocycles. The Kier molecular flexibility index (Phi) is 8.97. The van der Waals surface area contributed by atoms with Crippen molar-refractivity contribution in [3.05, 3.63) is 204 Å². The molecular formula is C46H38N2. The molecule has 48 heavy (non-hydrogen) atoms. The van der Waals surface area contributed by atoms with E-state index in [4.69, 9.17) is 0 Å². The maximum absolute atomic E-state index is 2.33. The van der Waals surface area contributed by atoms with Crippen molar-refractivity contribution in [2.24, 2.45) is 0 Å². The summed E-state index contributed by atoms with van der Waals surface area (Å²) in [7, 11) is 0. The molecule has 0 radical (unpaired) electrons. The molecule has 7 rings (SSSR count). The third-order valence-corrected chi connectivity index (χ3v) is 8.67. The van der Waals surface area contributed by atoms with Crippen LogP contribution in [0, 0.1) is 13.8 Å². The van der Waals surface area contributed by atoms with Crippen molar-refractivity contribution in [3.8, 4) is 11.1 Å². The summed E-state index contributed by atoms with van der Waals surface area (Å²) in [5.74, 6) is 0. The van der Waals surface area contributed by atoms with Crippen molar-refractivity contribution in [2.45, 2.75) is 13.8 Å². The Morgan fingerprint density at radius 1 is 0.333 bits per heavy atom. The summed E-state index contributed by atoms with van der Waals surface area (Å²) in [5, 5.41) is 0. The van der Waals surface area contributed by atoms with Gasteiger partial charge in [0.25, 0.3) is 0 Å². The highest BCUT2D eigenvalue weighted by atomic mass is 15.1. The molecule has 7 aromatic rings. The number of nitrogens with zero attached hydrogens (tertiary/aromatic N) is 2. The first-order valence-electron chi connectivity index (χ1n) is 16.4. The topological polar surface area (TPSA) is 6.48 Å². The molecule has 2 nitrogen and oxygen atoms in total. The van der Waals surface area contributed by atoms with Crippen molar-refractivity contribution < 1.29 is 0 Å². The second-order valence-corrected chi connectivity index (χ2v) is 12.1. The minimum absolute atomic E-state index is 1.13. The molecule has 7 aromatic carbocycles. The van der Waals surface area contributed by atoms with Crippen LogP contribution in [0.1, 0.15) is 22.3 Å². The molecule has 0 unspecified atom stereocenters. The molecule has 0 atom stereocenters. The maximum atomic E-state index is 2.33. The second kappa shape index (κ2) is 14.1. The van der Waals surface area contributed by atoms with E-state index in [1.165, 1.54) is 33.5 Å². The molecule has 0 N–H and O–H groups in total. The predicted octanol–water partition coefficient (Wildman–Crippen LogP) is 13.1. The lowest BCUT2D eigenvalue weighted by molar-refractivity contribution is 1.24. The van der Waals surface area contributed by atoms with Crippen LogP contribution in [0.15, 0.2) is 182 Å². The normalized spacial score (nSPS) is 11.0. The van der Waals surface area contributed by atoms with Crippen molar-refractivity contribution in [2.75, 3.05) is 9.80 Å². The van der Waals surface area contributed by atoms with Gasteiger partial charge in [0.05, 0.1) is 0 Å². The maximum Gasteiger partial charge on any atom is 0.0490 e. The van der Waals surface area contributed by atoms with E-state index < -0.39 is 0 Å². The fraction of sp³-hybridized carbons (Fsp3) is 0.0435. The summed E-state index contributed by atoms with van der Waals surface area (Å²) in [6.07, 6.45) is 4.36. The number of para-hydroxylation sites is 3. The average Bonchev–Trinajstić information content (AvgIpc) is 3.14. The van der Waals surface area contributed by atoms with E-state index >= 15 is 0 Å². The van der Waals surface area contributed by atoms with Gasteiger partial charge in [-0.15, -0.1) is 0 Å². The number of rotatable bonds is 9. The summed E-state index contributed by atoms with van der Waals surface area (Å²) in [6, 6.07) is 64.7. The van der Waals surface area contributed by atoms with Gasteiger partial charge >= 0.3 is 0 Å². The van der Waals surface area contributed by atoms with Gasteiger partial charge in [0.2, 0.25) is 0 Å². The molecule has 0 saturated heterocycles. The van der Waals surface area contributed by atoms with Crippen LogP contribution < -0.4 is 9.80 Å². The van der Waals surface area contributed by atoms with Crippen LogP contribution in [-0.2, 0) is 0 Å². The van der Waals surface area contributed by atoms with Crippen molar-refractivity contribution in [1.29, 1.82) is 0 Å². The van der Waals surface area contributed by atoms with E-state index in [9.17, 15) is 0 Å². The summed E-state index contributed by atoms with van der Waals surface area (Å²) in [6.45, 7) is 4.29. The Morgan fingerprint density at radius 3 is 1.23 bits per heavy atom. The van der Waals surface area contributed by atoms with Crippen molar-refractivity contribution in [3.63, 3.8) is 0 Å². The van der Waals surface area contributed by atoms with Gasteiger partial charge in [-0.3, -0.25) is 0 Å². The van der Waals surface area contributed by atoms with Crippen LogP contribution in [0.3, 0.4) is 0 Å². The van der Waals surface area contributed by atoms with Crippen molar-refractivity contribution in [1.82, 2.24) is 0 Å². The minimum Gasteiger partial charge on any atom is -0.311 e. The second-order valence-electron chi connectivity index (χ2n) is 12.1. The Bertz CT molecular complexity index is 2060. The molecule has 0 aliphatic heterocycles. The summed E-state index contributed by atoms with van der Waals surface area (Å²) >= 11 is 0. The standard InChI is InChI=1S/C46H38N2/c1-35-17-29-44(30-18-35)48(46-16-10-9-11-36(46)2)45-31-23-38(24-32-45)20-19-37-21-25-39(26-22-37)40-27-33-43(34-28-40)47(41-12-5-3-6-13-41)42-14-7-4-8-15-42/h3-34H,1-2H3. The van der Waals surface area contributed by atoms with E-state index in [0.717, 1.165) is 34.0 Å².